The monoisotopic (exact) mass is 1580 g/mol. The van der Waals surface area contributed by atoms with Gasteiger partial charge in [-0.05, 0) is 124 Å². The molecule has 0 saturated carbocycles. The molecule has 1 aliphatic rings. The van der Waals surface area contributed by atoms with Gasteiger partial charge in [0.25, 0.3) is 0 Å². The Bertz CT molecular complexity index is 2320. The van der Waals surface area contributed by atoms with E-state index in [0.29, 0.717) is 0 Å². The summed E-state index contributed by atoms with van der Waals surface area (Å²) in [5.41, 5.74) is 26.4. The first-order valence-electron chi connectivity index (χ1n) is 51.6. The summed E-state index contributed by atoms with van der Waals surface area (Å²) in [6.07, 6.45) is 114. The molecule has 0 aliphatic carbocycles. The Morgan fingerprint density at radius 3 is 0.532 bits per heavy atom. The normalized spacial score (nSPS) is 12.5. The molecule has 2 aromatic rings. The average Bonchev–Trinajstić information content (AvgIpc) is 1.60. The number of unbranched alkanes of at least 4 members (excludes halogenated alkanes) is 68. The fourth-order valence-corrected chi connectivity index (χ4v) is 18.9. The van der Waals surface area contributed by atoms with Gasteiger partial charge < -0.3 is 5.53 Å². The third kappa shape index (κ3) is 61.9. The molecule has 3 heteroatoms. The second-order valence-electron chi connectivity index (χ2n) is 36.1. The summed E-state index contributed by atoms with van der Waals surface area (Å²) in [5.74, 6) is 0. The van der Waals surface area contributed by atoms with Crippen LogP contribution in [0.25, 0.3) is 16.9 Å². The van der Waals surface area contributed by atoms with Crippen LogP contribution in [0.5, 0.6) is 0 Å². The maximum absolute atomic E-state index is 12.9. The molecule has 0 aromatic heterocycles. The molecule has 0 amide bonds. The van der Waals surface area contributed by atoms with Crippen LogP contribution in [0.1, 0.15) is 590 Å². The molecule has 3 rings (SSSR count). The van der Waals surface area contributed by atoms with Gasteiger partial charge in [-0.2, -0.15) is 0 Å². The number of nitrogens with zero attached hydrogens (tertiary/aromatic N) is 2. The van der Waals surface area contributed by atoms with Crippen molar-refractivity contribution < 1.29 is 19.1 Å². The summed E-state index contributed by atoms with van der Waals surface area (Å²) in [5, 5.41) is 2.87. The summed E-state index contributed by atoms with van der Waals surface area (Å²) in [7, 11) is 0. The molecule has 2 nitrogen and oxygen atoms in total. The van der Waals surface area contributed by atoms with Crippen molar-refractivity contribution in [2.45, 2.75) is 593 Å². The maximum atomic E-state index is 12.9. The van der Waals surface area contributed by atoms with E-state index in [1.54, 1.807) is 4.70 Å². The summed E-state index contributed by atoms with van der Waals surface area (Å²) >= 11 is 2.05. The number of benzene rings is 2. The predicted octanol–water partition coefficient (Wildman–Crippen LogP) is 39.5. The molecular weight excluding hydrogens is 1380 g/mol. The minimum absolute atomic E-state index is 1.05. The molecule has 0 saturated heterocycles. The Labute approximate surface area is 705 Å². The molecule has 0 fully saturated rings. The molecule has 0 radical (unpaired) electrons. The van der Waals surface area contributed by atoms with Crippen LogP contribution in [-0.2, 0) is 40.1 Å². The van der Waals surface area contributed by atoms with Crippen molar-refractivity contribution in [3.8, 4) is 0 Å². The first kappa shape index (κ1) is 105. The second kappa shape index (κ2) is 83.1. The summed E-state index contributed by atoms with van der Waals surface area (Å²) < 4.78 is 1.73. The molecule has 0 unspecified atom stereocenters. The molecule has 111 heavy (non-hydrogen) atoms. The van der Waals surface area contributed by atoms with Gasteiger partial charge in [0.2, 0.25) is 11.4 Å². The van der Waals surface area contributed by atoms with E-state index >= 15 is 0 Å². The number of hydrogen-bond donors (Lipinski definition) is 0. The molecule has 1 heterocycles. The van der Waals surface area contributed by atoms with Crippen LogP contribution in [0.2, 0.25) is 10.8 Å². The Kier molecular flexibility index (Phi) is 78.7. The van der Waals surface area contributed by atoms with Crippen LogP contribution in [-0.4, -0.2) is 4.70 Å². The van der Waals surface area contributed by atoms with Gasteiger partial charge in [-0.1, -0.05) is 376 Å². The van der Waals surface area contributed by atoms with Crippen LogP contribution >= 0.6 is 0 Å². The fraction of sp³-hybridized carbons (Fsp3) is 0.852. The van der Waals surface area contributed by atoms with Crippen LogP contribution < -0.4 is 0 Å². The SMILES string of the molecule is CCCCCCCCCCCCCCCCCCCCCCCCCC1=C(c2cc(CCCCC)cc(CCCCCC)c2)[N+](=[N-])C(c2cc(CCCCC)cc(CCCCCC)c2)=C1CCCCC.CCCCCCCCCCCCCCCCCCC[CH2][Ni][CH2]CCCCCCCCCCCCCCCCCCC. The number of rotatable bonds is 86. The third-order valence-electron chi connectivity index (χ3n) is 25.0. The zero-order chi connectivity index (χ0) is 79.7. The Hall–Kier alpha value is -1.99. The van der Waals surface area contributed by atoms with E-state index in [-0.39, 0.29) is 0 Å². The molecule has 0 N–H and O–H groups in total. The van der Waals surface area contributed by atoms with Gasteiger partial charge in [0.05, 0.1) is 0 Å². The second-order valence-corrected chi connectivity index (χ2v) is 37.5. The van der Waals surface area contributed by atoms with Crippen molar-refractivity contribution in [2.24, 2.45) is 0 Å². The van der Waals surface area contributed by atoms with E-state index in [1.165, 1.54) is 543 Å². The minimum Gasteiger partial charge on any atom is -0.0654 e. The molecule has 0 bridgehead atoms. The van der Waals surface area contributed by atoms with Crippen molar-refractivity contribution in [1.82, 2.24) is 0 Å². The first-order chi connectivity index (χ1) is 54.9. The number of allylic oxidation sites excluding steroid dienone is 2. The van der Waals surface area contributed by atoms with Crippen LogP contribution in [0, 0.1) is 0 Å². The summed E-state index contributed by atoms with van der Waals surface area (Å²) in [4.78, 5) is 0. The molecule has 0 atom stereocenters. The Morgan fingerprint density at radius 2 is 0.324 bits per heavy atom. The molecule has 0 spiro atoms. The van der Waals surface area contributed by atoms with E-state index in [2.05, 4.69) is 91.8 Å². The van der Waals surface area contributed by atoms with Crippen LogP contribution in [0.3, 0.4) is 0 Å². The standard InChI is InChI=1S/C68H116N2.2C20H41.Ni/c1-7-13-19-22-23-24-25-26-27-28-29-30-31-32-33-34-35-36-37-38-39-40-46-52-66-65(51-43-18-12-6)67(63-55-59(47-41-16-10-4)53-61(57-63)49-44-20-14-8-2)70(69)68(66)64-56-60(48-42-17-11-5)54-62(58-64)50-45-21-15-9-3;2*1-3-5-7-9-11-13-15-17-19-20-18-16-14-12-10-8-6-4-2;/h53-58H,7-52H2,1-6H3;2*1,3-20H2,2H3;. The van der Waals surface area contributed by atoms with Gasteiger partial charge >= 0.3 is 166 Å². The summed E-state index contributed by atoms with van der Waals surface area (Å²) in [6.45, 7) is 18.5. The van der Waals surface area contributed by atoms with Crippen molar-refractivity contribution in [3.63, 3.8) is 0 Å². The average molecular weight is 1580 g/mol. The van der Waals surface area contributed by atoms with Gasteiger partial charge in [0.1, 0.15) is 0 Å². The molecular formula is C108H198N2Ni. The molecule has 1 aliphatic heterocycles. The van der Waals surface area contributed by atoms with Crippen molar-refractivity contribution in [3.05, 3.63) is 86.5 Å². The van der Waals surface area contributed by atoms with E-state index in [0.717, 1.165) is 49.9 Å². The van der Waals surface area contributed by atoms with Gasteiger partial charge in [0.15, 0.2) is 0 Å². The molecule has 2 aromatic carbocycles. The van der Waals surface area contributed by atoms with E-state index < -0.39 is 0 Å². The van der Waals surface area contributed by atoms with Crippen LogP contribution in [0.15, 0.2) is 47.5 Å². The number of aryl methyl sites for hydroxylation is 4. The van der Waals surface area contributed by atoms with Gasteiger partial charge in [-0.25, -0.2) is 4.70 Å². The van der Waals surface area contributed by atoms with Crippen molar-refractivity contribution >= 4 is 11.4 Å². The van der Waals surface area contributed by atoms with E-state index in [4.69, 9.17) is 0 Å². The van der Waals surface area contributed by atoms with E-state index in [9.17, 15) is 5.53 Å². The fourth-order valence-electron chi connectivity index (χ4n) is 17.7. The minimum atomic E-state index is 1.05. The number of hydrogen-bond acceptors (Lipinski definition) is 0. The smallest absolute Gasteiger partial charge is 0.0654 e. The van der Waals surface area contributed by atoms with Gasteiger partial charge in [-0.3, -0.25) is 0 Å². The Morgan fingerprint density at radius 1 is 0.180 bits per heavy atom. The Balaban J connectivity index is 0.000000869. The zero-order valence-electron chi connectivity index (χ0n) is 77.1. The first-order valence-corrected chi connectivity index (χ1v) is 53.0. The van der Waals surface area contributed by atoms with Crippen molar-refractivity contribution in [1.29, 1.82) is 0 Å². The van der Waals surface area contributed by atoms with Gasteiger partial charge in [0, 0.05) is 22.3 Å². The summed E-state index contributed by atoms with van der Waals surface area (Å²) in [6, 6.07) is 15.0. The van der Waals surface area contributed by atoms with Crippen LogP contribution in [0.4, 0.5) is 0 Å². The predicted molar refractivity (Wildman–Crippen MR) is 500 cm³/mol. The third-order valence-corrected chi connectivity index (χ3v) is 26.4. The zero-order valence-corrected chi connectivity index (χ0v) is 78.1. The molecule has 650 valence electrons. The topological polar surface area (TPSA) is 25.3 Å². The quantitative estimate of drug-likeness (QED) is 0.0358. The van der Waals surface area contributed by atoms with Crippen molar-refractivity contribution in [2.75, 3.05) is 0 Å². The van der Waals surface area contributed by atoms with E-state index in [1.807, 2.05) is 14.4 Å². The van der Waals surface area contributed by atoms with Gasteiger partial charge in [-0.15, -0.1) is 0 Å².